The number of aromatic nitrogens is 1. The maximum atomic E-state index is 7.38. The third-order valence-electron chi connectivity index (χ3n) is 3.30. The average Bonchev–Trinajstić information content (AvgIpc) is 2.54. The number of nitrogens with two attached hydrogens (primary N) is 2. The number of fused-ring (bicyclic) bond motifs is 1. The van der Waals surface area contributed by atoms with Crippen molar-refractivity contribution in [3.05, 3.63) is 58.7 Å². The van der Waals surface area contributed by atoms with Crippen LogP contribution in [0.25, 0.3) is 10.8 Å². The van der Waals surface area contributed by atoms with Crippen molar-refractivity contribution < 1.29 is 0 Å². The number of nitrogen functional groups attached to an aromatic ring is 2. The number of pyridine rings is 1. The number of hydrogen-bond donors (Lipinski definition) is 3. The van der Waals surface area contributed by atoms with Crippen molar-refractivity contribution in [2.24, 2.45) is 16.0 Å². The lowest BCUT2D eigenvalue weighted by Crippen LogP contribution is -2.10. The minimum absolute atomic E-state index is 0.0147. The first-order valence-electron chi connectivity index (χ1n) is 6.74. The van der Waals surface area contributed by atoms with Crippen LogP contribution in [0.1, 0.15) is 5.56 Å². The Morgan fingerprint density at radius 2 is 1.83 bits per heavy atom. The van der Waals surface area contributed by atoms with Crippen LogP contribution in [0.4, 0.5) is 17.2 Å². The van der Waals surface area contributed by atoms with Crippen LogP contribution in [0.2, 0.25) is 0 Å². The summed E-state index contributed by atoms with van der Waals surface area (Å²) in [6, 6.07) is 12.7. The molecule has 0 atom stereocenters. The lowest BCUT2D eigenvalue weighted by Gasteiger charge is -2.04. The van der Waals surface area contributed by atoms with Gasteiger partial charge < -0.3 is 11.5 Å². The molecule has 0 saturated carbocycles. The Labute approximate surface area is 140 Å². The predicted molar refractivity (Wildman–Crippen MR) is 95.5 cm³/mol. The van der Waals surface area contributed by atoms with Gasteiger partial charge in [-0.3, -0.25) is 5.41 Å². The van der Waals surface area contributed by atoms with E-state index in [1.54, 1.807) is 30.5 Å². The number of anilines is 1. The van der Waals surface area contributed by atoms with Crippen LogP contribution >= 0.6 is 15.9 Å². The maximum absolute atomic E-state index is 7.38. The fourth-order valence-electron chi connectivity index (χ4n) is 2.10. The van der Waals surface area contributed by atoms with Gasteiger partial charge in [0, 0.05) is 27.0 Å². The number of rotatable bonds is 3. The Hall–Kier alpha value is -2.80. The summed E-state index contributed by atoms with van der Waals surface area (Å²) in [5.74, 6) is 0.334. The highest BCUT2D eigenvalue weighted by Crippen LogP contribution is 2.33. The van der Waals surface area contributed by atoms with Crippen LogP contribution in [0, 0.1) is 5.41 Å². The van der Waals surface area contributed by atoms with Gasteiger partial charge in [0.25, 0.3) is 0 Å². The second kappa shape index (κ2) is 6.13. The van der Waals surface area contributed by atoms with Crippen LogP contribution in [-0.4, -0.2) is 10.8 Å². The van der Waals surface area contributed by atoms with E-state index in [9.17, 15) is 0 Å². The Balaban J connectivity index is 2.01. The SMILES string of the molecule is N=C(N)c1ccc(/N=N/c2c(N)ncc3ccc(Br)cc23)cc1. The van der Waals surface area contributed by atoms with Crippen LogP contribution in [-0.2, 0) is 0 Å². The fraction of sp³-hybridized carbons (Fsp3) is 0. The number of amidine groups is 1. The topological polar surface area (TPSA) is 114 Å². The first-order valence-corrected chi connectivity index (χ1v) is 7.54. The third-order valence-corrected chi connectivity index (χ3v) is 3.79. The monoisotopic (exact) mass is 368 g/mol. The van der Waals surface area contributed by atoms with Crippen molar-refractivity contribution in [2.45, 2.75) is 0 Å². The van der Waals surface area contributed by atoms with Gasteiger partial charge in [-0.1, -0.05) is 22.0 Å². The third kappa shape index (κ3) is 3.19. The summed E-state index contributed by atoms with van der Waals surface area (Å²) < 4.78 is 0.929. The van der Waals surface area contributed by atoms with Crippen LogP contribution < -0.4 is 11.5 Å². The van der Waals surface area contributed by atoms with E-state index >= 15 is 0 Å². The summed E-state index contributed by atoms with van der Waals surface area (Å²) in [6.07, 6.45) is 1.71. The number of nitrogens with zero attached hydrogens (tertiary/aromatic N) is 3. The molecular weight excluding hydrogens is 356 g/mol. The largest absolute Gasteiger partial charge is 0.384 e. The van der Waals surface area contributed by atoms with E-state index < -0.39 is 0 Å². The number of azo groups is 1. The Morgan fingerprint density at radius 1 is 1.09 bits per heavy atom. The van der Waals surface area contributed by atoms with Crippen LogP contribution in [0.5, 0.6) is 0 Å². The molecule has 0 fully saturated rings. The fourth-order valence-corrected chi connectivity index (χ4v) is 2.47. The first-order chi connectivity index (χ1) is 11.0. The minimum atomic E-state index is 0.0147. The minimum Gasteiger partial charge on any atom is -0.384 e. The molecule has 114 valence electrons. The molecule has 0 amide bonds. The van der Waals surface area contributed by atoms with E-state index in [2.05, 4.69) is 31.1 Å². The summed E-state index contributed by atoms with van der Waals surface area (Å²) in [6.45, 7) is 0. The van der Waals surface area contributed by atoms with Crippen molar-refractivity contribution in [1.29, 1.82) is 5.41 Å². The average molecular weight is 369 g/mol. The van der Waals surface area contributed by atoms with Crippen molar-refractivity contribution >= 4 is 49.7 Å². The molecule has 0 bridgehead atoms. The first kappa shape index (κ1) is 15.1. The smallest absolute Gasteiger partial charge is 0.151 e. The highest BCUT2D eigenvalue weighted by Gasteiger charge is 2.07. The number of nitrogens with one attached hydrogen (secondary N) is 1. The molecule has 0 aliphatic carbocycles. The van der Waals surface area contributed by atoms with E-state index in [0.717, 1.165) is 15.2 Å². The van der Waals surface area contributed by atoms with Gasteiger partial charge in [0.05, 0.1) is 5.69 Å². The van der Waals surface area contributed by atoms with Gasteiger partial charge in [-0.2, -0.15) is 5.11 Å². The van der Waals surface area contributed by atoms with Crippen molar-refractivity contribution in [3.8, 4) is 0 Å². The van der Waals surface area contributed by atoms with Gasteiger partial charge in [-0.05, 0) is 36.4 Å². The zero-order chi connectivity index (χ0) is 16.4. The Morgan fingerprint density at radius 3 is 2.52 bits per heavy atom. The quantitative estimate of drug-likeness (QED) is 0.364. The van der Waals surface area contributed by atoms with Gasteiger partial charge in [-0.25, -0.2) is 4.98 Å². The number of hydrogen-bond acceptors (Lipinski definition) is 5. The van der Waals surface area contributed by atoms with Crippen LogP contribution in [0.3, 0.4) is 0 Å². The molecule has 1 aromatic heterocycles. The molecule has 0 aliphatic rings. The molecule has 6 nitrogen and oxygen atoms in total. The van der Waals surface area contributed by atoms with Crippen molar-refractivity contribution in [2.75, 3.05) is 5.73 Å². The van der Waals surface area contributed by atoms with Gasteiger partial charge in [0.2, 0.25) is 0 Å². The van der Waals surface area contributed by atoms with Crippen LogP contribution in [0.15, 0.2) is 63.4 Å². The molecule has 0 radical (unpaired) electrons. The van der Waals surface area contributed by atoms with E-state index in [1.165, 1.54) is 0 Å². The second-order valence-corrected chi connectivity index (χ2v) is 5.80. The highest BCUT2D eigenvalue weighted by molar-refractivity contribution is 9.10. The molecule has 0 unspecified atom stereocenters. The molecule has 7 heteroatoms. The molecule has 23 heavy (non-hydrogen) atoms. The summed E-state index contributed by atoms with van der Waals surface area (Å²) in [5, 5.41) is 17.6. The molecule has 5 N–H and O–H groups in total. The molecule has 1 heterocycles. The standard InChI is InChI=1S/C16H13BrN6/c17-11-4-1-10-8-21-16(20)14(13(10)7-11)23-22-12-5-2-9(3-6-12)15(18)19/h1-8H,(H3,18,19)(H2,20,21)/b23-22+. The summed E-state index contributed by atoms with van der Waals surface area (Å²) >= 11 is 3.44. The molecule has 3 aromatic rings. The lowest BCUT2D eigenvalue weighted by atomic mass is 10.1. The Kier molecular flexibility index (Phi) is 4.03. The van der Waals surface area contributed by atoms with E-state index in [-0.39, 0.29) is 5.84 Å². The lowest BCUT2D eigenvalue weighted by molar-refractivity contribution is 1.22. The summed E-state index contributed by atoms with van der Waals surface area (Å²) in [5.41, 5.74) is 13.2. The van der Waals surface area contributed by atoms with Gasteiger partial charge >= 0.3 is 0 Å². The van der Waals surface area contributed by atoms with E-state index in [0.29, 0.717) is 22.8 Å². The normalized spacial score (nSPS) is 11.2. The van der Waals surface area contributed by atoms with E-state index in [4.69, 9.17) is 16.9 Å². The maximum Gasteiger partial charge on any atom is 0.151 e. The summed E-state index contributed by atoms with van der Waals surface area (Å²) in [7, 11) is 0. The van der Waals surface area contributed by atoms with Crippen molar-refractivity contribution in [1.82, 2.24) is 4.98 Å². The molecule has 0 saturated heterocycles. The predicted octanol–water partition coefficient (Wildman–Crippen LogP) is 4.28. The second-order valence-electron chi connectivity index (χ2n) is 4.88. The highest BCUT2D eigenvalue weighted by atomic mass is 79.9. The molecule has 2 aromatic carbocycles. The van der Waals surface area contributed by atoms with Gasteiger partial charge in [0.15, 0.2) is 5.82 Å². The summed E-state index contributed by atoms with van der Waals surface area (Å²) in [4.78, 5) is 4.15. The molecule has 3 rings (SSSR count). The zero-order valence-electron chi connectivity index (χ0n) is 12.0. The molecule has 0 aliphatic heterocycles. The van der Waals surface area contributed by atoms with Gasteiger partial charge in [0.1, 0.15) is 11.5 Å². The van der Waals surface area contributed by atoms with E-state index in [1.807, 2.05) is 18.2 Å². The zero-order valence-corrected chi connectivity index (χ0v) is 13.6. The van der Waals surface area contributed by atoms with Gasteiger partial charge in [-0.15, -0.1) is 5.11 Å². The molecular formula is C16H13BrN6. The number of halogens is 1. The van der Waals surface area contributed by atoms with Crippen molar-refractivity contribution in [3.63, 3.8) is 0 Å². The Bertz CT molecular complexity index is 913. The number of benzene rings is 2. The molecule has 0 spiro atoms.